The molecule has 4 rings (SSSR count). The van der Waals surface area contributed by atoms with Crippen molar-refractivity contribution in [3.8, 4) is 0 Å². The third-order valence-corrected chi connectivity index (χ3v) is 6.89. The van der Waals surface area contributed by atoms with E-state index in [1.54, 1.807) is 18.2 Å². The number of piperazine rings is 1. The van der Waals surface area contributed by atoms with E-state index in [1.165, 1.54) is 12.1 Å². The summed E-state index contributed by atoms with van der Waals surface area (Å²) < 4.78 is 13.8. The lowest BCUT2D eigenvalue weighted by Crippen LogP contribution is -2.50. The first kappa shape index (κ1) is 20.4. The van der Waals surface area contributed by atoms with Crippen molar-refractivity contribution in [1.82, 2.24) is 9.80 Å². The van der Waals surface area contributed by atoms with Gasteiger partial charge in [0.05, 0.1) is 5.02 Å². The van der Waals surface area contributed by atoms with E-state index in [1.807, 2.05) is 18.3 Å². The molecule has 0 saturated carbocycles. The van der Waals surface area contributed by atoms with Crippen molar-refractivity contribution < 1.29 is 9.18 Å². The summed E-state index contributed by atoms with van der Waals surface area (Å²) in [7, 11) is 0. The lowest BCUT2D eigenvalue weighted by Gasteiger charge is -2.40. The average Bonchev–Trinajstić information content (AvgIpc) is 2.93. The maximum Gasteiger partial charge on any atom is 0.189 e. The Bertz CT molecular complexity index is 936. The SMILES string of the molecule is Nc1cc(Cl)c(Br)cc1C(=O)C=CN1C2CCC1CN(Cc1ccc(F)cc1)C2. The van der Waals surface area contributed by atoms with Gasteiger partial charge in [-0.1, -0.05) is 23.7 Å². The van der Waals surface area contributed by atoms with Gasteiger partial charge in [-0.15, -0.1) is 0 Å². The summed E-state index contributed by atoms with van der Waals surface area (Å²) in [6.07, 6.45) is 5.74. The van der Waals surface area contributed by atoms with Gasteiger partial charge in [-0.2, -0.15) is 0 Å². The fourth-order valence-corrected chi connectivity index (χ4v) is 4.78. The molecule has 2 aliphatic heterocycles. The number of benzene rings is 2. The second kappa shape index (κ2) is 8.46. The fourth-order valence-electron chi connectivity index (χ4n) is 4.26. The van der Waals surface area contributed by atoms with Gasteiger partial charge in [0.15, 0.2) is 5.78 Å². The van der Waals surface area contributed by atoms with Gasteiger partial charge in [0.2, 0.25) is 0 Å². The molecule has 152 valence electrons. The largest absolute Gasteiger partial charge is 0.398 e. The summed E-state index contributed by atoms with van der Waals surface area (Å²) in [5.41, 5.74) is 7.90. The Labute approximate surface area is 183 Å². The fraction of sp³-hybridized carbons (Fsp3) is 0.318. The number of nitrogens with zero attached hydrogens (tertiary/aromatic N) is 2. The number of hydrogen-bond donors (Lipinski definition) is 1. The van der Waals surface area contributed by atoms with Gasteiger partial charge in [0.25, 0.3) is 0 Å². The average molecular weight is 479 g/mol. The van der Waals surface area contributed by atoms with Crippen LogP contribution in [0, 0.1) is 5.82 Å². The molecule has 2 aliphatic rings. The molecule has 2 unspecified atom stereocenters. The standard InChI is InChI=1S/C22H22BrClFN3O/c23-19-9-18(21(26)10-20(19)24)22(29)7-8-28-16-5-6-17(28)13-27(12-16)11-14-1-3-15(25)4-2-14/h1-4,7-10,16-17H,5-6,11-13,26H2. The van der Waals surface area contributed by atoms with Gasteiger partial charge >= 0.3 is 0 Å². The van der Waals surface area contributed by atoms with Gasteiger partial charge in [-0.25, -0.2) is 4.39 Å². The first-order valence-corrected chi connectivity index (χ1v) is 10.8. The number of hydrogen-bond acceptors (Lipinski definition) is 4. The van der Waals surface area contributed by atoms with E-state index in [-0.39, 0.29) is 11.6 Å². The number of likely N-dealkylation sites (tertiary alicyclic amines) is 1. The molecule has 0 aliphatic carbocycles. The molecule has 7 heteroatoms. The zero-order valence-corrected chi connectivity index (χ0v) is 18.2. The van der Waals surface area contributed by atoms with Gasteiger partial charge in [0.1, 0.15) is 5.82 Å². The molecule has 2 aromatic rings. The minimum atomic E-state index is -0.207. The molecule has 2 fully saturated rings. The maximum absolute atomic E-state index is 13.1. The van der Waals surface area contributed by atoms with Crippen molar-refractivity contribution in [3.63, 3.8) is 0 Å². The Morgan fingerprint density at radius 3 is 2.52 bits per heavy atom. The van der Waals surface area contributed by atoms with Crippen LogP contribution in [0.5, 0.6) is 0 Å². The quantitative estimate of drug-likeness (QED) is 0.378. The molecule has 2 saturated heterocycles. The van der Waals surface area contributed by atoms with Gasteiger partial charge in [-0.3, -0.25) is 9.69 Å². The van der Waals surface area contributed by atoms with Crippen molar-refractivity contribution in [3.05, 3.63) is 75.1 Å². The summed E-state index contributed by atoms with van der Waals surface area (Å²) in [5.74, 6) is -0.338. The molecule has 2 aromatic carbocycles. The van der Waals surface area contributed by atoms with Crippen LogP contribution in [0.3, 0.4) is 0 Å². The van der Waals surface area contributed by atoms with E-state index >= 15 is 0 Å². The monoisotopic (exact) mass is 477 g/mol. The van der Waals surface area contributed by atoms with Crippen LogP contribution in [-0.2, 0) is 6.54 Å². The normalized spacial score (nSPS) is 21.8. The molecule has 0 radical (unpaired) electrons. The van der Waals surface area contributed by atoms with Crippen molar-refractivity contribution in [2.24, 2.45) is 0 Å². The first-order chi connectivity index (χ1) is 13.9. The predicted octanol–water partition coefficient (Wildman–Crippen LogP) is 4.87. The molecule has 0 amide bonds. The van der Waals surface area contributed by atoms with Crippen LogP contribution in [-0.4, -0.2) is 40.8 Å². The molecule has 0 aromatic heterocycles. The van der Waals surface area contributed by atoms with E-state index in [4.69, 9.17) is 17.3 Å². The molecule has 2 atom stereocenters. The molecular weight excluding hydrogens is 457 g/mol. The molecular formula is C22H22BrClFN3O. The number of nitrogen functional groups attached to an aromatic ring is 1. The number of carbonyl (C=O) groups excluding carboxylic acids is 1. The smallest absolute Gasteiger partial charge is 0.189 e. The van der Waals surface area contributed by atoms with Crippen LogP contribution < -0.4 is 5.73 Å². The van der Waals surface area contributed by atoms with Crippen LogP contribution in [0.25, 0.3) is 0 Å². The number of fused-ring (bicyclic) bond motifs is 2. The van der Waals surface area contributed by atoms with Gasteiger partial charge < -0.3 is 10.6 Å². The molecule has 4 nitrogen and oxygen atoms in total. The lowest BCUT2D eigenvalue weighted by molar-refractivity contribution is 0.0967. The molecule has 2 bridgehead atoms. The third kappa shape index (κ3) is 4.49. The van der Waals surface area contributed by atoms with Crippen molar-refractivity contribution >= 4 is 39.0 Å². The van der Waals surface area contributed by atoms with Gasteiger partial charge in [-0.05, 0) is 58.6 Å². The number of anilines is 1. The van der Waals surface area contributed by atoms with E-state index in [2.05, 4.69) is 25.7 Å². The van der Waals surface area contributed by atoms with Gasteiger partial charge in [0, 0.05) is 59.7 Å². The third-order valence-electron chi connectivity index (χ3n) is 5.69. The number of ketones is 1. The number of nitrogens with two attached hydrogens (primary N) is 1. The Kier molecular flexibility index (Phi) is 5.95. The maximum atomic E-state index is 13.1. The highest BCUT2D eigenvalue weighted by atomic mass is 79.9. The van der Waals surface area contributed by atoms with E-state index < -0.39 is 0 Å². The second-order valence-corrected chi connectivity index (χ2v) is 8.95. The number of rotatable bonds is 5. The minimum Gasteiger partial charge on any atom is -0.398 e. The zero-order valence-electron chi connectivity index (χ0n) is 15.8. The summed E-state index contributed by atoms with van der Waals surface area (Å²) in [4.78, 5) is 17.4. The van der Waals surface area contributed by atoms with Crippen LogP contribution >= 0.6 is 27.5 Å². The zero-order chi connectivity index (χ0) is 20.5. The highest BCUT2D eigenvalue weighted by molar-refractivity contribution is 9.10. The summed E-state index contributed by atoms with van der Waals surface area (Å²) >= 11 is 9.37. The van der Waals surface area contributed by atoms with Crippen LogP contribution in [0.1, 0.15) is 28.8 Å². The number of allylic oxidation sites excluding steroid dienone is 1. The summed E-state index contributed by atoms with van der Waals surface area (Å²) in [6, 6.07) is 10.7. The summed E-state index contributed by atoms with van der Waals surface area (Å²) in [6.45, 7) is 2.68. The lowest BCUT2D eigenvalue weighted by atomic mass is 10.1. The Morgan fingerprint density at radius 2 is 1.86 bits per heavy atom. The second-order valence-electron chi connectivity index (χ2n) is 7.69. The van der Waals surface area contributed by atoms with E-state index in [9.17, 15) is 9.18 Å². The Morgan fingerprint density at radius 1 is 1.21 bits per heavy atom. The number of carbonyl (C=O) groups is 1. The minimum absolute atomic E-state index is 0.131. The summed E-state index contributed by atoms with van der Waals surface area (Å²) in [5, 5.41) is 0.485. The van der Waals surface area contributed by atoms with Crippen molar-refractivity contribution in [2.45, 2.75) is 31.5 Å². The van der Waals surface area contributed by atoms with E-state index in [0.717, 1.165) is 38.0 Å². The Hall–Kier alpha value is -1.89. The molecule has 2 N–H and O–H groups in total. The van der Waals surface area contributed by atoms with E-state index in [0.29, 0.717) is 32.8 Å². The highest BCUT2D eigenvalue weighted by Crippen LogP contribution is 2.32. The number of halogens is 3. The highest BCUT2D eigenvalue weighted by Gasteiger charge is 2.38. The van der Waals surface area contributed by atoms with Crippen LogP contribution in [0.4, 0.5) is 10.1 Å². The van der Waals surface area contributed by atoms with Crippen LogP contribution in [0.2, 0.25) is 5.02 Å². The first-order valence-electron chi connectivity index (χ1n) is 9.62. The molecule has 2 heterocycles. The van der Waals surface area contributed by atoms with Crippen LogP contribution in [0.15, 0.2) is 53.1 Å². The Balaban J connectivity index is 1.41. The van der Waals surface area contributed by atoms with Crippen molar-refractivity contribution in [2.75, 3.05) is 18.8 Å². The molecule has 0 spiro atoms. The topological polar surface area (TPSA) is 49.6 Å². The molecule has 29 heavy (non-hydrogen) atoms. The predicted molar refractivity (Wildman–Crippen MR) is 117 cm³/mol. The van der Waals surface area contributed by atoms with Crippen molar-refractivity contribution in [1.29, 1.82) is 0 Å².